The standard InChI is InChI=1S/C19H16F2N2O5/c1-11-4-3-5-16-22-13(9-17(24)23(11)16)10-27-18(25)12-6-7-14(28-19(20)21)15(8-12)26-2/h3-9,19H,10H2,1-2H3. The van der Waals surface area contributed by atoms with Gasteiger partial charge in [0, 0.05) is 11.8 Å². The van der Waals surface area contributed by atoms with Crippen molar-refractivity contribution in [3.63, 3.8) is 0 Å². The van der Waals surface area contributed by atoms with Crippen LogP contribution in [0.15, 0.2) is 47.3 Å². The summed E-state index contributed by atoms with van der Waals surface area (Å²) in [6.45, 7) is -1.46. The molecule has 0 radical (unpaired) electrons. The molecular formula is C19H16F2N2O5. The predicted octanol–water partition coefficient (Wildman–Crippen LogP) is 2.97. The Balaban J connectivity index is 1.77. The normalized spacial score (nSPS) is 10.9. The summed E-state index contributed by atoms with van der Waals surface area (Å²) in [5.74, 6) is -0.964. The van der Waals surface area contributed by atoms with Gasteiger partial charge in [0.15, 0.2) is 11.5 Å². The summed E-state index contributed by atoms with van der Waals surface area (Å²) in [7, 11) is 1.26. The first-order valence-corrected chi connectivity index (χ1v) is 8.17. The van der Waals surface area contributed by atoms with Crippen molar-refractivity contribution in [1.82, 2.24) is 9.38 Å². The number of carbonyl (C=O) groups is 1. The molecule has 2 heterocycles. The molecule has 0 unspecified atom stereocenters. The average molecular weight is 390 g/mol. The number of nitrogens with zero attached hydrogens (tertiary/aromatic N) is 2. The SMILES string of the molecule is COc1cc(C(=O)OCc2cc(=O)n3c(C)cccc3n2)ccc1OC(F)F. The Morgan fingerprint density at radius 2 is 1.96 bits per heavy atom. The van der Waals surface area contributed by atoms with Crippen molar-refractivity contribution < 1.29 is 27.8 Å². The monoisotopic (exact) mass is 390 g/mol. The third-order valence-electron chi connectivity index (χ3n) is 3.90. The number of rotatable bonds is 6. The average Bonchev–Trinajstić information content (AvgIpc) is 2.65. The van der Waals surface area contributed by atoms with E-state index in [9.17, 15) is 18.4 Å². The van der Waals surface area contributed by atoms with Crippen LogP contribution >= 0.6 is 0 Å². The molecule has 0 saturated carbocycles. The van der Waals surface area contributed by atoms with E-state index in [1.807, 2.05) is 0 Å². The number of pyridine rings is 1. The van der Waals surface area contributed by atoms with Crippen LogP contribution < -0.4 is 15.0 Å². The van der Waals surface area contributed by atoms with Crippen molar-refractivity contribution in [1.29, 1.82) is 0 Å². The second-order valence-electron chi connectivity index (χ2n) is 5.77. The second-order valence-corrected chi connectivity index (χ2v) is 5.77. The van der Waals surface area contributed by atoms with Gasteiger partial charge >= 0.3 is 12.6 Å². The summed E-state index contributed by atoms with van der Waals surface area (Å²) in [5.41, 5.74) is 1.25. The zero-order valence-electron chi connectivity index (χ0n) is 15.0. The lowest BCUT2D eigenvalue weighted by Gasteiger charge is -2.11. The molecule has 3 aromatic rings. The summed E-state index contributed by atoms with van der Waals surface area (Å²) in [5, 5.41) is 0. The maximum Gasteiger partial charge on any atom is 0.387 e. The van der Waals surface area contributed by atoms with Gasteiger partial charge in [0.1, 0.15) is 12.3 Å². The first-order valence-electron chi connectivity index (χ1n) is 8.17. The van der Waals surface area contributed by atoms with Crippen LogP contribution in [0.2, 0.25) is 0 Å². The van der Waals surface area contributed by atoms with Crippen LogP contribution in [0, 0.1) is 6.92 Å². The van der Waals surface area contributed by atoms with Gasteiger partial charge in [0.25, 0.3) is 5.56 Å². The molecule has 0 bridgehead atoms. The van der Waals surface area contributed by atoms with Gasteiger partial charge in [-0.2, -0.15) is 8.78 Å². The van der Waals surface area contributed by atoms with E-state index in [0.29, 0.717) is 5.65 Å². The lowest BCUT2D eigenvalue weighted by atomic mass is 10.2. The summed E-state index contributed by atoms with van der Waals surface area (Å²) >= 11 is 0. The maximum atomic E-state index is 12.4. The summed E-state index contributed by atoms with van der Waals surface area (Å²) in [4.78, 5) is 28.8. The fraction of sp³-hybridized carbons (Fsp3) is 0.211. The molecule has 0 aliphatic carbocycles. The number of ether oxygens (including phenoxy) is 3. The molecule has 3 rings (SSSR count). The largest absolute Gasteiger partial charge is 0.493 e. The molecule has 0 amide bonds. The highest BCUT2D eigenvalue weighted by Gasteiger charge is 2.15. The Hall–Kier alpha value is -3.49. The molecule has 28 heavy (non-hydrogen) atoms. The van der Waals surface area contributed by atoms with Crippen molar-refractivity contribution in [2.45, 2.75) is 20.1 Å². The Kier molecular flexibility index (Phi) is 5.53. The Bertz CT molecular complexity index is 1080. The Labute approximate surface area is 158 Å². The molecule has 0 aliphatic heterocycles. The van der Waals surface area contributed by atoms with Gasteiger partial charge in [-0.25, -0.2) is 9.78 Å². The number of aryl methyl sites for hydroxylation is 1. The van der Waals surface area contributed by atoms with E-state index in [-0.39, 0.29) is 34.9 Å². The van der Waals surface area contributed by atoms with Crippen LogP contribution in [0.25, 0.3) is 5.65 Å². The minimum absolute atomic E-state index is 0.0349. The van der Waals surface area contributed by atoms with Crippen LogP contribution in [0.3, 0.4) is 0 Å². The number of fused-ring (bicyclic) bond motifs is 1. The predicted molar refractivity (Wildman–Crippen MR) is 94.9 cm³/mol. The fourth-order valence-corrected chi connectivity index (χ4v) is 2.65. The number of methoxy groups -OCH3 is 1. The number of hydrogen-bond donors (Lipinski definition) is 0. The molecule has 0 N–H and O–H groups in total. The molecule has 0 spiro atoms. The highest BCUT2D eigenvalue weighted by atomic mass is 19.3. The third kappa shape index (κ3) is 4.08. The molecule has 0 atom stereocenters. The van der Waals surface area contributed by atoms with E-state index in [0.717, 1.165) is 5.69 Å². The molecule has 7 nitrogen and oxygen atoms in total. The van der Waals surface area contributed by atoms with Gasteiger partial charge in [-0.1, -0.05) is 6.07 Å². The first kappa shape index (κ1) is 19.3. The van der Waals surface area contributed by atoms with Gasteiger partial charge in [0.2, 0.25) is 0 Å². The van der Waals surface area contributed by atoms with Gasteiger partial charge in [0.05, 0.1) is 18.4 Å². The number of benzene rings is 1. The molecule has 1 aromatic carbocycles. The number of halogens is 2. The number of aromatic nitrogens is 2. The number of alkyl halides is 2. The number of esters is 1. The molecule has 2 aromatic heterocycles. The second kappa shape index (κ2) is 8.03. The van der Waals surface area contributed by atoms with E-state index in [1.54, 1.807) is 25.1 Å². The lowest BCUT2D eigenvalue weighted by molar-refractivity contribution is -0.0512. The highest BCUT2D eigenvalue weighted by molar-refractivity contribution is 5.90. The van der Waals surface area contributed by atoms with E-state index in [2.05, 4.69) is 9.72 Å². The molecule has 0 saturated heterocycles. The molecule has 146 valence electrons. The van der Waals surface area contributed by atoms with Crippen molar-refractivity contribution in [3.8, 4) is 11.5 Å². The van der Waals surface area contributed by atoms with Crippen LogP contribution in [-0.4, -0.2) is 29.1 Å². The van der Waals surface area contributed by atoms with Gasteiger partial charge < -0.3 is 14.2 Å². The van der Waals surface area contributed by atoms with E-state index >= 15 is 0 Å². The van der Waals surface area contributed by atoms with Crippen molar-refractivity contribution >= 4 is 11.6 Å². The Morgan fingerprint density at radius 3 is 2.68 bits per heavy atom. The molecule has 0 fully saturated rings. The van der Waals surface area contributed by atoms with Crippen molar-refractivity contribution in [2.24, 2.45) is 0 Å². The lowest BCUT2D eigenvalue weighted by Crippen LogP contribution is -2.18. The third-order valence-corrected chi connectivity index (χ3v) is 3.90. The van der Waals surface area contributed by atoms with Crippen LogP contribution in [0.1, 0.15) is 21.7 Å². The number of carbonyl (C=O) groups excluding carboxylic acids is 1. The zero-order chi connectivity index (χ0) is 20.3. The van der Waals surface area contributed by atoms with Crippen LogP contribution in [-0.2, 0) is 11.3 Å². The van der Waals surface area contributed by atoms with Gasteiger partial charge in [-0.3, -0.25) is 9.20 Å². The first-order chi connectivity index (χ1) is 13.4. The van der Waals surface area contributed by atoms with E-state index in [1.165, 1.54) is 35.8 Å². The smallest absolute Gasteiger partial charge is 0.387 e. The Morgan fingerprint density at radius 1 is 1.18 bits per heavy atom. The molecule has 0 aliphatic rings. The summed E-state index contributed by atoms with van der Waals surface area (Å²) in [6, 6.07) is 10.2. The quantitative estimate of drug-likeness (QED) is 0.602. The van der Waals surface area contributed by atoms with Crippen LogP contribution in [0.4, 0.5) is 8.78 Å². The van der Waals surface area contributed by atoms with Crippen LogP contribution in [0.5, 0.6) is 11.5 Å². The summed E-state index contributed by atoms with van der Waals surface area (Å²) < 4.78 is 40.6. The maximum absolute atomic E-state index is 12.4. The molecule has 9 heteroatoms. The van der Waals surface area contributed by atoms with Crippen molar-refractivity contribution in [3.05, 3.63) is 69.8 Å². The topological polar surface area (TPSA) is 79.1 Å². The van der Waals surface area contributed by atoms with E-state index in [4.69, 9.17) is 9.47 Å². The highest BCUT2D eigenvalue weighted by Crippen LogP contribution is 2.29. The minimum Gasteiger partial charge on any atom is -0.493 e. The van der Waals surface area contributed by atoms with Crippen molar-refractivity contribution in [2.75, 3.05) is 7.11 Å². The minimum atomic E-state index is -3.02. The van der Waals surface area contributed by atoms with E-state index < -0.39 is 12.6 Å². The number of hydrogen-bond acceptors (Lipinski definition) is 6. The summed E-state index contributed by atoms with van der Waals surface area (Å²) in [6.07, 6.45) is 0. The van der Waals surface area contributed by atoms with Gasteiger partial charge in [-0.05, 0) is 37.3 Å². The van der Waals surface area contributed by atoms with Gasteiger partial charge in [-0.15, -0.1) is 0 Å². The fourth-order valence-electron chi connectivity index (χ4n) is 2.65. The molecular weight excluding hydrogens is 374 g/mol. The zero-order valence-corrected chi connectivity index (χ0v) is 15.0.